The molecule has 0 bridgehead atoms. The van der Waals surface area contributed by atoms with Gasteiger partial charge in [0.15, 0.2) is 11.8 Å². The van der Waals surface area contributed by atoms with Crippen LogP contribution in [-0.2, 0) is 4.79 Å². The van der Waals surface area contributed by atoms with Gasteiger partial charge in [-0.1, -0.05) is 24.3 Å². The van der Waals surface area contributed by atoms with E-state index in [-0.39, 0.29) is 17.6 Å². The first kappa shape index (κ1) is 21.0. The molecule has 1 aliphatic carbocycles. The summed E-state index contributed by atoms with van der Waals surface area (Å²) in [7, 11) is 0. The number of amides is 2. The lowest BCUT2D eigenvalue weighted by atomic mass is 9.87. The number of nitrogens with one attached hydrogen (secondary N) is 4. The van der Waals surface area contributed by atoms with Crippen molar-refractivity contribution in [2.45, 2.75) is 25.2 Å². The van der Waals surface area contributed by atoms with Gasteiger partial charge in [0.2, 0.25) is 6.41 Å². The van der Waals surface area contributed by atoms with Crippen LogP contribution < -0.4 is 16.0 Å². The summed E-state index contributed by atoms with van der Waals surface area (Å²) in [6.07, 6.45) is 7.01. The summed E-state index contributed by atoms with van der Waals surface area (Å²) in [6.45, 7) is 5.33. The quantitative estimate of drug-likeness (QED) is 0.386. The van der Waals surface area contributed by atoms with Crippen LogP contribution in [0.4, 0.5) is 5.69 Å². The summed E-state index contributed by atoms with van der Waals surface area (Å²) >= 11 is 3.28. The van der Waals surface area contributed by atoms with Crippen LogP contribution in [-0.4, -0.2) is 41.3 Å². The van der Waals surface area contributed by atoms with E-state index < -0.39 is 0 Å². The highest BCUT2D eigenvalue weighted by atomic mass is 79.9. The van der Waals surface area contributed by atoms with E-state index in [1.807, 2.05) is 12.1 Å². The minimum atomic E-state index is -0.297. The summed E-state index contributed by atoms with van der Waals surface area (Å²) < 4.78 is 0.649. The molecule has 2 amide bonds. The lowest BCUT2D eigenvalue weighted by molar-refractivity contribution is -0.108. The number of aromatic nitrogens is 2. The summed E-state index contributed by atoms with van der Waals surface area (Å²) in [5.74, 6) is 0.609. The van der Waals surface area contributed by atoms with Crippen LogP contribution in [0.1, 0.15) is 46.9 Å². The molecule has 2 aromatic rings. The molecule has 0 saturated carbocycles. The molecule has 0 fully saturated rings. The Hall–Kier alpha value is -3.20. The number of carbonyl (C=O) groups excluding carboxylic acids is 2. The SMILES string of the molecule is C=C1CC=C(c2cc(C3CN=C(NC=O)NC3)ccc2NC(=O)c2ncc(Br)[nH]2)CC1. The Balaban J connectivity index is 1.62. The van der Waals surface area contributed by atoms with E-state index in [1.54, 1.807) is 6.20 Å². The number of imidazole rings is 1. The van der Waals surface area contributed by atoms with Gasteiger partial charge < -0.3 is 15.6 Å². The maximum absolute atomic E-state index is 12.7. The Kier molecular flexibility index (Phi) is 6.31. The number of carbonyl (C=O) groups is 2. The third-order valence-electron chi connectivity index (χ3n) is 5.44. The first-order valence-electron chi connectivity index (χ1n) is 10.0. The molecule has 0 saturated heterocycles. The molecule has 8 nitrogen and oxygen atoms in total. The number of anilines is 1. The van der Waals surface area contributed by atoms with Crippen LogP contribution >= 0.6 is 15.9 Å². The third kappa shape index (κ3) is 4.93. The summed E-state index contributed by atoms with van der Waals surface area (Å²) in [5.41, 5.74) is 5.29. The highest BCUT2D eigenvalue weighted by molar-refractivity contribution is 9.10. The molecule has 1 atom stereocenters. The van der Waals surface area contributed by atoms with E-state index in [1.165, 1.54) is 11.1 Å². The zero-order valence-corrected chi connectivity index (χ0v) is 18.5. The molecule has 1 unspecified atom stereocenters. The van der Waals surface area contributed by atoms with Crippen LogP contribution in [0.15, 0.2) is 52.2 Å². The minimum absolute atomic E-state index is 0.167. The number of hydrogen-bond acceptors (Lipinski definition) is 5. The number of aromatic amines is 1. The molecular formula is C22H23BrN6O2. The Morgan fingerprint density at radius 3 is 2.84 bits per heavy atom. The Morgan fingerprint density at radius 2 is 2.19 bits per heavy atom. The van der Waals surface area contributed by atoms with Gasteiger partial charge in [0.05, 0.1) is 12.7 Å². The molecule has 2 aliphatic rings. The Morgan fingerprint density at radius 1 is 1.32 bits per heavy atom. The third-order valence-corrected chi connectivity index (χ3v) is 5.84. The molecular weight excluding hydrogens is 460 g/mol. The maximum atomic E-state index is 12.7. The number of rotatable bonds is 5. The first-order valence-corrected chi connectivity index (χ1v) is 10.8. The van der Waals surface area contributed by atoms with Gasteiger partial charge in [0.1, 0.15) is 4.60 Å². The van der Waals surface area contributed by atoms with Crippen LogP contribution in [0.2, 0.25) is 0 Å². The molecule has 4 rings (SSSR count). The highest BCUT2D eigenvalue weighted by Gasteiger charge is 2.21. The molecule has 31 heavy (non-hydrogen) atoms. The van der Waals surface area contributed by atoms with Gasteiger partial charge in [0.25, 0.3) is 5.91 Å². The number of allylic oxidation sites excluding steroid dienone is 3. The molecule has 2 heterocycles. The predicted molar refractivity (Wildman–Crippen MR) is 124 cm³/mol. The Labute approximate surface area is 188 Å². The van der Waals surface area contributed by atoms with Crippen molar-refractivity contribution >= 4 is 45.5 Å². The zero-order valence-electron chi connectivity index (χ0n) is 16.9. The Bertz CT molecular complexity index is 1090. The van der Waals surface area contributed by atoms with Crippen LogP contribution in [0, 0.1) is 0 Å². The van der Waals surface area contributed by atoms with Crippen molar-refractivity contribution in [3.8, 4) is 0 Å². The first-order chi connectivity index (χ1) is 15.0. The standard InChI is InChI=1S/C22H23BrN6O2/c1-13-2-4-14(5-3-13)17-8-15(16-9-25-22(26-10-16)27-12-30)6-7-18(17)28-21(31)20-24-11-19(23)29-20/h4,6-8,11-12,16H,1-3,5,9-10H2,(H,24,29)(H,28,31)(H2,25,26,27,30). The van der Waals surface area contributed by atoms with Crippen molar-refractivity contribution in [1.29, 1.82) is 0 Å². The van der Waals surface area contributed by atoms with E-state index in [0.717, 1.165) is 36.1 Å². The number of nitrogens with zero attached hydrogens (tertiary/aromatic N) is 2. The van der Waals surface area contributed by atoms with Gasteiger partial charge in [-0.15, -0.1) is 0 Å². The van der Waals surface area contributed by atoms with Gasteiger partial charge in [-0.05, 0) is 58.5 Å². The second kappa shape index (κ2) is 9.30. The second-order valence-corrected chi connectivity index (χ2v) is 8.41. The monoisotopic (exact) mass is 482 g/mol. The zero-order chi connectivity index (χ0) is 21.8. The molecule has 1 aromatic carbocycles. The second-order valence-electron chi connectivity index (χ2n) is 7.55. The molecule has 0 radical (unpaired) electrons. The van der Waals surface area contributed by atoms with Crippen molar-refractivity contribution in [1.82, 2.24) is 20.6 Å². The number of H-pyrrole nitrogens is 1. The summed E-state index contributed by atoms with van der Waals surface area (Å²) in [5, 5.41) is 8.69. The summed E-state index contributed by atoms with van der Waals surface area (Å²) in [4.78, 5) is 34.7. The van der Waals surface area contributed by atoms with Crippen molar-refractivity contribution < 1.29 is 9.59 Å². The van der Waals surface area contributed by atoms with Gasteiger partial charge in [-0.3, -0.25) is 19.9 Å². The van der Waals surface area contributed by atoms with Crippen LogP contribution in [0.5, 0.6) is 0 Å². The smallest absolute Gasteiger partial charge is 0.291 e. The van der Waals surface area contributed by atoms with Crippen molar-refractivity contribution in [2.24, 2.45) is 4.99 Å². The molecule has 1 aliphatic heterocycles. The average Bonchev–Trinajstić information content (AvgIpc) is 3.22. The fourth-order valence-corrected chi connectivity index (χ4v) is 4.02. The number of hydrogen-bond donors (Lipinski definition) is 4. The molecule has 1 aromatic heterocycles. The number of benzene rings is 1. The fraction of sp³-hybridized carbons (Fsp3) is 0.273. The van der Waals surface area contributed by atoms with Gasteiger partial charge in [-0.2, -0.15) is 0 Å². The average molecular weight is 483 g/mol. The maximum Gasteiger partial charge on any atom is 0.291 e. The van der Waals surface area contributed by atoms with Gasteiger partial charge in [-0.25, -0.2) is 4.98 Å². The van der Waals surface area contributed by atoms with E-state index in [9.17, 15) is 9.59 Å². The largest absolute Gasteiger partial charge is 0.355 e. The van der Waals surface area contributed by atoms with E-state index in [2.05, 4.69) is 65.6 Å². The van der Waals surface area contributed by atoms with Crippen LogP contribution in [0.25, 0.3) is 5.57 Å². The van der Waals surface area contributed by atoms with Gasteiger partial charge >= 0.3 is 0 Å². The fourth-order valence-electron chi connectivity index (χ4n) is 3.73. The van der Waals surface area contributed by atoms with Crippen molar-refractivity contribution in [3.63, 3.8) is 0 Å². The van der Waals surface area contributed by atoms with Crippen molar-refractivity contribution in [2.75, 3.05) is 18.4 Å². The lowest BCUT2D eigenvalue weighted by Gasteiger charge is -2.25. The van der Waals surface area contributed by atoms with Gasteiger partial charge in [0, 0.05) is 23.7 Å². The molecule has 0 spiro atoms. The molecule has 9 heteroatoms. The molecule has 4 N–H and O–H groups in total. The van der Waals surface area contributed by atoms with E-state index in [4.69, 9.17) is 0 Å². The van der Waals surface area contributed by atoms with E-state index in [0.29, 0.717) is 30.1 Å². The van der Waals surface area contributed by atoms with Crippen LogP contribution in [0.3, 0.4) is 0 Å². The lowest BCUT2D eigenvalue weighted by Crippen LogP contribution is -2.42. The predicted octanol–water partition coefficient (Wildman–Crippen LogP) is 3.34. The van der Waals surface area contributed by atoms with Crippen molar-refractivity contribution in [3.05, 3.63) is 64.2 Å². The number of aliphatic imine (C=N–C) groups is 1. The summed E-state index contributed by atoms with van der Waals surface area (Å²) in [6, 6.07) is 6.08. The molecule has 160 valence electrons. The topological polar surface area (TPSA) is 111 Å². The normalized spacial score (nSPS) is 18.5. The van der Waals surface area contributed by atoms with E-state index >= 15 is 0 Å². The highest BCUT2D eigenvalue weighted by Crippen LogP contribution is 2.35. The minimum Gasteiger partial charge on any atom is -0.355 e. The number of guanidine groups is 1. The number of halogens is 1.